The van der Waals surface area contributed by atoms with Crippen molar-refractivity contribution in [1.82, 2.24) is 24.5 Å². The number of hydrogen-bond donors (Lipinski definition) is 0. The topological polar surface area (TPSA) is 69.6 Å². The highest BCUT2D eigenvalue weighted by Gasteiger charge is 2.20. The first-order chi connectivity index (χ1) is 31.2. The number of nitrogens with zero attached hydrogens (tertiary/aromatic N) is 5. The van der Waals surface area contributed by atoms with Gasteiger partial charge in [-0.15, -0.1) is 11.3 Å². The zero-order valence-corrected chi connectivity index (χ0v) is 34.4. The van der Waals surface area contributed by atoms with Gasteiger partial charge in [0.25, 0.3) is 0 Å². The molecular formula is C56H33N5OS. The van der Waals surface area contributed by atoms with E-state index in [0.29, 0.717) is 17.5 Å². The number of hydrogen-bond acceptors (Lipinski definition) is 6. The molecule has 0 aliphatic rings. The van der Waals surface area contributed by atoms with Gasteiger partial charge >= 0.3 is 0 Å². The number of para-hydroxylation sites is 2. The van der Waals surface area contributed by atoms with Crippen LogP contribution in [0.1, 0.15) is 0 Å². The quantitative estimate of drug-likeness (QED) is 0.167. The normalized spacial score (nSPS) is 11.8. The second-order valence-electron chi connectivity index (χ2n) is 15.8. The number of fused-ring (bicyclic) bond motifs is 10. The van der Waals surface area contributed by atoms with Crippen LogP contribution in [-0.4, -0.2) is 24.5 Å². The van der Waals surface area contributed by atoms with Crippen LogP contribution in [0.3, 0.4) is 0 Å². The number of furan rings is 1. The maximum Gasteiger partial charge on any atom is 0.164 e. The third kappa shape index (κ3) is 5.86. The van der Waals surface area contributed by atoms with Crippen LogP contribution >= 0.6 is 11.3 Å². The highest BCUT2D eigenvalue weighted by molar-refractivity contribution is 7.21. The molecule has 6 nitrogen and oxygen atoms in total. The fourth-order valence-electron chi connectivity index (χ4n) is 9.08. The minimum absolute atomic E-state index is 0.586. The molecule has 0 fully saturated rings. The van der Waals surface area contributed by atoms with Crippen LogP contribution in [0, 0.1) is 0 Å². The summed E-state index contributed by atoms with van der Waals surface area (Å²) in [5, 5.41) is 7.54. The summed E-state index contributed by atoms with van der Waals surface area (Å²) in [6.07, 6.45) is 0. The average Bonchev–Trinajstić information content (AvgIpc) is 4.07. The minimum atomic E-state index is 0.586. The Hall–Kier alpha value is -8.26. The van der Waals surface area contributed by atoms with Crippen LogP contribution in [0.5, 0.6) is 0 Å². The van der Waals surface area contributed by atoms with Crippen LogP contribution in [-0.2, 0) is 0 Å². The Labute approximate surface area is 365 Å². The van der Waals surface area contributed by atoms with Gasteiger partial charge in [0.05, 0.1) is 26.6 Å². The highest BCUT2D eigenvalue weighted by atomic mass is 32.1. The van der Waals surface area contributed by atoms with Crippen LogP contribution in [0.25, 0.3) is 126 Å². The van der Waals surface area contributed by atoms with Gasteiger partial charge in [-0.3, -0.25) is 0 Å². The van der Waals surface area contributed by atoms with Crippen LogP contribution in [0.2, 0.25) is 0 Å². The number of rotatable bonds is 6. The standard InChI is InChI=1S/C56H33N5OS/c1-4-12-34(13-5-1)35-20-23-37(24-21-35)53-58-54(60-55(59-53)40-26-28-43-42-18-10-11-19-45(42)61(46(43)33-40)41-16-8-3-9-17-41)39-25-22-36-27-29-47-50(44(36)32-39)51-48(62-47)30-31-49-52(51)57-56(63-49)38-14-6-2-7-15-38/h1-33H. The lowest BCUT2D eigenvalue weighted by Gasteiger charge is -2.11. The molecule has 0 bridgehead atoms. The zero-order chi connectivity index (χ0) is 41.4. The molecule has 0 radical (unpaired) electrons. The molecule has 0 saturated carbocycles. The van der Waals surface area contributed by atoms with E-state index in [1.807, 2.05) is 12.1 Å². The van der Waals surface area contributed by atoms with Gasteiger partial charge in [-0.1, -0.05) is 152 Å². The van der Waals surface area contributed by atoms with Crippen molar-refractivity contribution in [3.63, 3.8) is 0 Å². The van der Waals surface area contributed by atoms with E-state index >= 15 is 0 Å². The molecule has 0 amide bonds. The molecule has 7 heteroatoms. The molecule has 0 saturated heterocycles. The van der Waals surface area contributed by atoms with E-state index in [1.165, 1.54) is 10.8 Å². The van der Waals surface area contributed by atoms with Crippen molar-refractivity contribution in [3.8, 4) is 61.5 Å². The summed E-state index contributed by atoms with van der Waals surface area (Å²) < 4.78 is 9.99. The van der Waals surface area contributed by atoms with Crippen molar-refractivity contribution >= 4 is 76.1 Å². The first-order valence-electron chi connectivity index (χ1n) is 21.0. The zero-order valence-electron chi connectivity index (χ0n) is 33.6. The van der Waals surface area contributed by atoms with E-state index in [0.717, 1.165) is 98.0 Å². The Kier molecular flexibility index (Phi) is 7.98. The summed E-state index contributed by atoms with van der Waals surface area (Å²) in [4.78, 5) is 21.0. The molecule has 63 heavy (non-hydrogen) atoms. The van der Waals surface area contributed by atoms with Gasteiger partial charge in [-0.05, 0) is 70.4 Å². The summed E-state index contributed by atoms with van der Waals surface area (Å²) in [5.41, 5.74) is 12.0. The van der Waals surface area contributed by atoms with Crippen LogP contribution < -0.4 is 0 Å². The van der Waals surface area contributed by atoms with E-state index in [2.05, 4.69) is 193 Å². The first-order valence-corrected chi connectivity index (χ1v) is 21.8. The maximum atomic E-state index is 6.54. The second-order valence-corrected chi connectivity index (χ2v) is 16.8. The molecule has 0 spiro atoms. The summed E-state index contributed by atoms with van der Waals surface area (Å²) in [6.45, 7) is 0. The Bertz CT molecular complexity index is 3890. The molecule has 4 aromatic heterocycles. The van der Waals surface area contributed by atoms with Gasteiger partial charge in [0, 0.05) is 44.1 Å². The maximum absolute atomic E-state index is 6.54. The van der Waals surface area contributed by atoms with Crippen molar-refractivity contribution < 1.29 is 4.42 Å². The van der Waals surface area contributed by atoms with E-state index in [4.69, 9.17) is 24.4 Å². The SMILES string of the molecule is c1ccc(-c2ccc(-c3nc(-c4ccc5ccc6oc7ccc8sc(-c9ccccc9)nc8c7c6c5c4)nc(-c4ccc5c6ccccc6n(-c6ccccc6)c5c4)n3)cc2)cc1. The number of benzene rings is 9. The molecule has 0 unspecified atom stereocenters. The van der Waals surface area contributed by atoms with Crippen LogP contribution in [0.4, 0.5) is 0 Å². The van der Waals surface area contributed by atoms with Crippen molar-refractivity contribution in [2.24, 2.45) is 0 Å². The molecule has 13 aromatic rings. The Balaban J connectivity index is 1.02. The molecule has 13 rings (SSSR count). The first kappa shape index (κ1) is 35.5. The third-order valence-corrected chi connectivity index (χ3v) is 13.2. The molecule has 4 heterocycles. The lowest BCUT2D eigenvalue weighted by atomic mass is 10.0. The predicted molar refractivity (Wildman–Crippen MR) is 259 cm³/mol. The van der Waals surface area contributed by atoms with Crippen molar-refractivity contribution in [2.75, 3.05) is 0 Å². The number of aromatic nitrogens is 5. The van der Waals surface area contributed by atoms with Gasteiger partial charge in [-0.2, -0.15) is 0 Å². The smallest absolute Gasteiger partial charge is 0.164 e. The molecule has 0 aliphatic carbocycles. The third-order valence-electron chi connectivity index (χ3n) is 12.1. The minimum Gasteiger partial charge on any atom is -0.456 e. The fraction of sp³-hybridized carbons (Fsp3) is 0. The summed E-state index contributed by atoms with van der Waals surface area (Å²) in [5.74, 6) is 1.78. The van der Waals surface area contributed by atoms with Crippen LogP contribution in [0.15, 0.2) is 205 Å². The lowest BCUT2D eigenvalue weighted by Crippen LogP contribution is -2.00. The van der Waals surface area contributed by atoms with E-state index in [-0.39, 0.29) is 0 Å². The molecular weight excluding hydrogens is 791 g/mol. The Morgan fingerprint density at radius 2 is 0.937 bits per heavy atom. The molecule has 0 atom stereocenters. The van der Waals surface area contributed by atoms with Gasteiger partial charge in [0.1, 0.15) is 16.2 Å². The summed E-state index contributed by atoms with van der Waals surface area (Å²) in [6, 6.07) is 69.7. The number of thiazole rings is 1. The second kappa shape index (κ2) is 14.2. The predicted octanol–water partition coefficient (Wildman–Crippen LogP) is 15.0. The van der Waals surface area contributed by atoms with Crippen molar-refractivity contribution in [2.45, 2.75) is 0 Å². The molecule has 0 aliphatic heterocycles. The summed E-state index contributed by atoms with van der Waals surface area (Å²) in [7, 11) is 0. The van der Waals surface area contributed by atoms with Crippen molar-refractivity contribution in [3.05, 3.63) is 200 Å². The Morgan fingerprint density at radius 3 is 1.71 bits per heavy atom. The van der Waals surface area contributed by atoms with Gasteiger partial charge in [-0.25, -0.2) is 19.9 Å². The fourth-order valence-corrected chi connectivity index (χ4v) is 10.1. The van der Waals surface area contributed by atoms with E-state index in [9.17, 15) is 0 Å². The van der Waals surface area contributed by atoms with E-state index < -0.39 is 0 Å². The highest BCUT2D eigenvalue weighted by Crippen LogP contribution is 2.43. The van der Waals surface area contributed by atoms with Crippen molar-refractivity contribution in [1.29, 1.82) is 0 Å². The molecule has 0 N–H and O–H groups in total. The summed E-state index contributed by atoms with van der Waals surface area (Å²) >= 11 is 1.70. The molecule has 294 valence electrons. The van der Waals surface area contributed by atoms with Gasteiger partial charge in [0.15, 0.2) is 17.5 Å². The van der Waals surface area contributed by atoms with Gasteiger partial charge in [0.2, 0.25) is 0 Å². The molecule has 9 aromatic carbocycles. The largest absolute Gasteiger partial charge is 0.456 e. The monoisotopic (exact) mass is 823 g/mol. The lowest BCUT2D eigenvalue weighted by molar-refractivity contribution is 0.669. The van der Waals surface area contributed by atoms with E-state index in [1.54, 1.807) is 11.3 Å². The average molecular weight is 824 g/mol. The Morgan fingerprint density at radius 1 is 0.381 bits per heavy atom. The van der Waals surface area contributed by atoms with Gasteiger partial charge < -0.3 is 8.98 Å².